The molecule has 0 aliphatic rings. The summed E-state index contributed by atoms with van der Waals surface area (Å²) in [6, 6.07) is 11.8. The van der Waals surface area contributed by atoms with Crippen LogP contribution in [0.5, 0.6) is 0 Å². The summed E-state index contributed by atoms with van der Waals surface area (Å²) in [6.45, 7) is 0.461. The summed E-state index contributed by atoms with van der Waals surface area (Å²) in [7, 11) is -3.99. The van der Waals surface area contributed by atoms with Gasteiger partial charge in [-0.05, 0) is 48.0 Å². The highest BCUT2D eigenvalue weighted by atomic mass is 32.2. The Bertz CT molecular complexity index is 983. The smallest absolute Gasteiger partial charge is 0.280 e. The van der Waals surface area contributed by atoms with Crippen molar-refractivity contribution in [3.8, 4) is 0 Å². The highest BCUT2D eigenvalue weighted by molar-refractivity contribution is 7.92. The number of anilines is 1. The second-order valence-electron chi connectivity index (χ2n) is 5.53. The van der Waals surface area contributed by atoms with Crippen molar-refractivity contribution in [2.75, 3.05) is 4.72 Å². The Balaban J connectivity index is 1.79. The van der Waals surface area contributed by atoms with Gasteiger partial charge in [0.15, 0.2) is 0 Å². The molecule has 0 saturated heterocycles. The molecule has 0 spiro atoms. The van der Waals surface area contributed by atoms with Crippen LogP contribution in [0, 0.1) is 0 Å². The van der Waals surface area contributed by atoms with Crippen LogP contribution in [0.15, 0.2) is 71.9 Å². The zero-order valence-electron chi connectivity index (χ0n) is 13.3. The summed E-state index contributed by atoms with van der Waals surface area (Å²) in [5.41, 5.74) is 0.230. The molecule has 0 saturated carbocycles. The van der Waals surface area contributed by atoms with Crippen LogP contribution in [0.25, 0.3) is 0 Å². The van der Waals surface area contributed by atoms with Gasteiger partial charge in [-0.15, -0.1) is 0 Å². The molecule has 3 rings (SSSR count). The molecule has 3 aromatic rings. The quantitative estimate of drug-likeness (QED) is 0.732. The third-order valence-corrected chi connectivity index (χ3v) is 4.97. The summed E-state index contributed by atoms with van der Waals surface area (Å²) in [4.78, 5) is -0.247. The summed E-state index contributed by atoms with van der Waals surface area (Å²) in [5, 5.41) is 4.08. The molecule has 5 nitrogen and oxygen atoms in total. The van der Waals surface area contributed by atoms with Crippen LogP contribution >= 0.6 is 0 Å². The van der Waals surface area contributed by atoms with E-state index < -0.39 is 21.8 Å². The van der Waals surface area contributed by atoms with E-state index in [-0.39, 0.29) is 4.90 Å². The van der Waals surface area contributed by atoms with Crippen LogP contribution < -0.4 is 4.72 Å². The second kappa shape index (κ2) is 6.83. The molecule has 0 atom stereocenters. The zero-order chi connectivity index (χ0) is 18.8. The number of halogens is 3. The number of rotatable bonds is 5. The first-order valence-electron chi connectivity index (χ1n) is 7.50. The van der Waals surface area contributed by atoms with Gasteiger partial charge in [-0.2, -0.15) is 18.3 Å². The molecule has 0 aliphatic carbocycles. The number of nitrogens with zero attached hydrogens (tertiary/aromatic N) is 2. The monoisotopic (exact) mass is 381 g/mol. The summed E-state index contributed by atoms with van der Waals surface area (Å²) < 4.78 is 66.6. The van der Waals surface area contributed by atoms with E-state index in [0.717, 1.165) is 29.8 Å². The molecule has 0 radical (unpaired) electrons. The standard InChI is InChI=1S/C17H14F3N3O2S/c18-17(19,20)14-5-7-16(8-6-14)26(24,25)22-15-4-1-3-13(11-15)12-23-10-2-9-21-23/h1-11,22H,12H2. The predicted molar refractivity (Wildman–Crippen MR) is 90.0 cm³/mol. The van der Waals surface area contributed by atoms with Gasteiger partial charge in [0.2, 0.25) is 0 Å². The molecular weight excluding hydrogens is 367 g/mol. The molecular formula is C17H14F3N3O2S. The van der Waals surface area contributed by atoms with E-state index >= 15 is 0 Å². The zero-order valence-corrected chi connectivity index (χ0v) is 14.1. The van der Waals surface area contributed by atoms with E-state index in [1.165, 1.54) is 0 Å². The maximum atomic E-state index is 12.6. The Morgan fingerprint density at radius 2 is 1.77 bits per heavy atom. The van der Waals surface area contributed by atoms with E-state index in [4.69, 9.17) is 0 Å². The van der Waals surface area contributed by atoms with Crippen LogP contribution in [0.4, 0.5) is 18.9 Å². The first-order valence-corrected chi connectivity index (χ1v) is 8.99. The van der Waals surface area contributed by atoms with Crippen LogP contribution in [-0.2, 0) is 22.7 Å². The number of nitrogens with one attached hydrogen (secondary N) is 1. The van der Waals surface area contributed by atoms with Gasteiger partial charge >= 0.3 is 6.18 Å². The van der Waals surface area contributed by atoms with Gasteiger partial charge in [0.1, 0.15) is 0 Å². The van der Waals surface area contributed by atoms with Crippen molar-refractivity contribution in [2.24, 2.45) is 0 Å². The number of benzene rings is 2. The molecule has 1 aromatic heterocycles. The minimum absolute atomic E-state index is 0.247. The van der Waals surface area contributed by atoms with Crippen molar-refractivity contribution in [3.05, 3.63) is 78.1 Å². The van der Waals surface area contributed by atoms with Crippen molar-refractivity contribution in [3.63, 3.8) is 0 Å². The van der Waals surface area contributed by atoms with Gasteiger partial charge in [0, 0.05) is 18.1 Å². The molecule has 1 N–H and O–H groups in total. The van der Waals surface area contributed by atoms with Gasteiger partial charge in [-0.3, -0.25) is 9.40 Å². The van der Waals surface area contributed by atoms with E-state index in [9.17, 15) is 21.6 Å². The van der Waals surface area contributed by atoms with E-state index in [1.54, 1.807) is 41.3 Å². The molecule has 136 valence electrons. The topological polar surface area (TPSA) is 64.0 Å². The van der Waals surface area contributed by atoms with Crippen LogP contribution in [0.1, 0.15) is 11.1 Å². The van der Waals surface area contributed by atoms with E-state index in [2.05, 4.69) is 9.82 Å². The number of hydrogen-bond acceptors (Lipinski definition) is 3. The Morgan fingerprint density at radius 3 is 2.38 bits per heavy atom. The van der Waals surface area contributed by atoms with Crippen LogP contribution in [0.2, 0.25) is 0 Å². The lowest BCUT2D eigenvalue weighted by atomic mass is 10.2. The Hall–Kier alpha value is -2.81. The van der Waals surface area contributed by atoms with Crippen molar-refractivity contribution in [2.45, 2.75) is 17.6 Å². The summed E-state index contributed by atoms with van der Waals surface area (Å²) in [5.74, 6) is 0. The predicted octanol–water partition coefficient (Wildman–Crippen LogP) is 3.75. The lowest BCUT2D eigenvalue weighted by Gasteiger charge is -2.11. The number of sulfonamides is 1. The van der Waals surface area contributed by atoms with E-state index in [0.29, 0.717) is 12.2 Å². The normalized spacial score (nSPS) is 12.1. The second-order valence-corrected chi connectivity index (χ2v) is 7.21. The molecule has 0 aliphatic heterocycles. The fourth-order valence-corrected chi connectivity index (χ4v) is 3.40. The highest BCUT2D eigenvalue weighted by Gasteiger charge is 2.30. The van der Waals surface area contributed by atoms with Gasteiger partial charge in [-0.1, -0.05) is 12.1 Å². The number of alkyl halides is 3. The third kappa shape index (κ3) is 4.23. The molecule has 0 amide bonds. The average Bonchev–Trinajstić information content (AvgIpc) is 3.07. The van der Waals surface area contributed by atoms with E-state index in [1.807, 2.05) is 6.07 Å². The number of aromatic nitrogens is 2. The Morgan fingerprint density at radius 1 is 1.04 bits per heavy atom. The summed E-state index contributed by atoms with van der Waals surface area (Å²) in [6.07, 6.45) is -1.10. The highest BCUT2D eigenvalue weighted by Crippen LogP contribution is 2.30. The molecule has 0 bridgehead atoms. The van der Waals surface area contributed by atoms with Gasteiger partial charge in [0.25, 0.3) is 10.0 Å². The van der Waals surface area contributed by atoms with Crippen molar-refractivity contribution in [1.82, 2.24) is 9.78 Å². The molecule has 2 aromatic carbocycles. The molecule has 9 heteroatoms. The fourth-order valence-electron chi connectivity index (χ4n) is 2.35. The van der Waals surface area contributed by atoms with Gasteiger partial charge in [0.05, 0.1) is 17.0 Å². The van der Waals surface area contributed by atoms with Crippen LogP contribution in [-0.4, -0.2) is 18.2 Å². The average molecular weight is 381 g/mol. The van der Waals surface area contributed by atoms with Gasteiger partial charge in [-0.25, -0.2) is 8.42 Å². The molecule has 26 heavy (non-hydrogen) atoms. The first-order chi connectivity index (χ1) is 12.2. The molecule has 1 heterocycles. The van der Waals surface area contributed by atoms with Crippen molar-refractivity contribution in [1.29, 1.82) is 0 Å². The Labute approximate surface area is 148 Å². The minimum Gasteiger partial charge on any atom is -0.280 e. The number of hydrogen-bond donors (Lipinski definition) is 1. The van der Waals surface area contributed by atoms with Crippen LogP contribution in [0.3, 0.4) is 0 Å². The minimum atomic E-state index is -4.52. The lowest BCUT2D eigenvalue weighted by Crippen LogP contribution is -2.14. The largest absolute Gasteiger partial charge is 0.416 e. The van der Waals surface area contributed by atoms with Crippen molar-refractivity contribution < 1.29 is 21.6 Å². The maximum Gasteiger partial charge on any atom is 0.416 e. The third-order valence-electron chi connectivity index (χ3n) is 3.57. The summed E-state index contributed by atoms with van der Waals surface area (Å²) >= 11 is 0. The molecule has 0 unspecified atom stereocenters. The lowest BCUT2D eigenvalue weighted by molar-refractivity contribution is -0.137. The molecule has 0 fully saturated rings. The Kier molecular flexibility index (Phi) is 4.73. The first kappa shape index (κ1) is 18.0. The van der Waals surface area contributed by atoms with Crippen molar-refractivity contribution >= 4 is 15.7 Å². The SMILES string of the molecule is O=S(=O)(Nc1cccc(Cn2cccn2)c1)c1ccc(C(F)(F)F)cc1. The maximum absolute atomic E-state index is 12.6. The van der Waals surface area contributed by atoms with Gasteiger partial charge < -0.3 is 0 Å². The fraction of sp³-hybridized carbons (Fsp3) is 0.118.